The number of benzene rings is 2. The minimum Gasteiger partial charge on any atom is -0.461 e. The van der Waals surface area contributed by atoms with Crippen molar-refractivity contribution in [1.82, 2.24) is 4.90 Å². The number of halogens is 1. The van der Waals surface area contributed by atoms with Crippen molar-refractivity contribution in [1.29, 1.82) is 0 Å². The van der Waals surface area contributed by atoms with E-state index in [4.69, 9.17) is 4.42 Å². The minimum atomic E-state index is -1.49. The summed E-state index contributed by atoms with van der Waals surface area (Å²) in [6, 6.07) is 13.1. The monoisotopic (exact) mass is 435 g/mol. The van der Waals surface area contributed by atoms with Crippen LogP contribution in [-0.4, -0.2) is 35.1 Å². The fraction of sp³-hybridized carbons (Fsp3) is 0.217. The molecule has 3 atom stereocenters. The van der Waals surface area contributed by atoms with Crippen molar-refractivity contribution in [3.63, 3.8) is 0 Å². The summed E-state index contributed by atoms with van der Waals surface area (Å²) in [7, 11) is 1.69. The van der Waals surface area contributed by atoms with E-state index >= 15 is 0 Å². The number of amides is 1. The van der Waals surface area contributed by atoms with Gasteiger partial charge >= 0.3 is 0 Å². The number of nitrogens with zero attached hydrogens (tertiary/aromatic N) is 2. The van der Waals surface area contributed by atoms with Gasteiger partial charge in [-0.2, -0.15) is 0 Å². The van der Waals surface area contributed by atoms with Gasteiger partial charge in [-0.1, -0.05) is 12.1 Å². The predicted molar refractivity (Wildman–Crippen MR) is 112 cm³/mol. The summed E-state index contributed by atoms with van der Waals surface area (Å²) in [5.74, 6) is -2.91. The maximum Gasteiger partial charge on any atom is 0.269 e. The third kappa shape index (κ3) is 2.71. The van der Waals surface area contributed by atoms with Gasteiger partial charge in [-0.25, -0.2) is 4.39 Å². The Bertz CT molecular complexity index is 1260. The van der Waals surface area contributed by atoms with Crippen LogP contribution < -0.4 is 5.32 Å². The average Bonchev–Trinajstić information content (AvgIpc) is 3.47. The van der Waals surface area contributed by atoms with Crippen LogP contribution in [0.3, 0.4) is 0 Å². The van der Waals surface area contributed by atoms with Crippen molar-refractivity contribution in [2.75, 3.05) is 18.9 Å². The largest absolute Gasteiger partial charge is 0.461 e. The van der Waals surface area contributed by atoms with E-state index in [1.54, 1.807) is 30.1 Å². The van der Waals surface area contributed by atoms with Crippen LogP contribution >= 0.6 is 0 Å². The number of Topliss-reactive ketones (excluding diaryl/α,β-unsaturated/α-hetero) is 1. The van der Waals surface area contributed by atoms with Crippen LogP contribution in [0.1, 0.15) is 27.6 Å². The average molecular weight is 435 g/mol. The topological polar surface area (TPSA) is 106 Å². The third-order valence-corrected chi connectivity index (χ3v) is 6.47. The normalized spacial score (nSPS) is 24.5. The fourth-order valence-corrected chi connectivity index (χ4v) is 5.15. The molecule has 2 aliphatic rings. The maximum absolute atomic E-state index is 14.3. The molecule has 0 unspecified atom stereocenters. The first-order chi connectivity index (χ1) is 15.3. The summed E-state index contributed by atoms with van der Waals surface area (Å²) < 4.78 is 19.6. The number of hydrogen-bond donors (Lipinski definition) is 1. The van der Waals surface area contributed by atoms with Crippen molar-refractivity contribution < 1.29 is 23.3 Å². The first kappa shape index (κ1) is 20.1. The molecule has 0 saturated carbocycles. The third-order valence-electron chi connectivity index (χ3n) is 6.47. The van der Waals surface area contributed by atoms with Crippen molar-refractivity contribution in [3.05, 3.63) is 93.7 Å². The second kappa shape index (κ2) is 7.10. The van der Waals surface area contributed by atoms with Crippen molar-refractivity contribution in [2.24, 2.45) is 5.92 Å². The van der Waals surface area contributed by atoms with Gasteiger partial charge in [0, 0.05) is 35.8 Å². The van der Waals surface area contributed by atoms with Crippen LogP contribution in [0.5, 0.6) is 0 Å². The Morgan fingerprint density at radius 1 is 1.25 bits per heavy atom. The highest BCUT2D eigenvalue weighted by Gasteiger charge is 2.64. The molecule has 1 N–H and O–H groups in total. The molecule has 0 aliphatic carbocycles. The lowest BCUT2D eigenvalue weighted by molar-refractivity contribution is -0.384. The minimum absolute atomic E-state index is 0.0674. The molecule has 2 aromatic carbocycles. The van der Waals surface area contributed by atoms with E-state index in [1.807, 2.05) is 0 Å². The predicted octanol–water partition coefficient (Wildman–Crippen LogP) is 3.70. The summed E-state index contributed by atoms with van der Waals surface area (Å²) >= 11 is 0. The van der Waals surface area contributed by atoms with E-state index in [2.05, 4.69) is 5.32 Å². The highest BCUT2D eigenvalue weighted by molar-refractivity contribution is 6.11. The lowest BCUT2D eigenvalue weighted by Gasteiger charge is -2.35. The molecule has 1 amide bonds. The lowest BCUT2D eigenvalue weighted by Crippen LogP contribution is -2.51. The Balaban J connectivity index is 1.74. The molecular weight excluding hydrogens is 417 g/mol. The number of likely N-dealkylation sites (N-methyl/N-ethyl adjacent to an activating group) is 1. The number of ketones is 1. The van der Waals surface area contributed by atoms with Gasteiger partial charge < -0.3 is 9.73 Å². The number of anilines is 1. The molecule has 5 rings (SSSR count). The Labute approximate surface area is 181 Å². The first-order valence-electron chi connectivity index (χ1n) is 9.99. The van der Waals surface area contributed by atoms with Crippen molar-refractivity contribution in [3.8, 4) is 0 Å². The Hall–Kier alpha value is -3.85. The quantitative estimate of drug-likeness (QED) is 0.381. The summed E-state index contributed by atoms with van der Waals surface area (Å²) in [6.45, 7) is 0.252. The molecule has 32 heavy (non-hydrogen) atoms. The van der Waals surface area contributed by atoms with Gasteiger partial charge in [0.1, 0.15) is 11.4 Å². The smallest absolute Gasteiger partial charge is 0.269 e. The molecule has 1 saturated heterocycles. The number of hydrogen-bond acceptors (Lipinski definition) is 6. The van der Waals surface area contributed by atoms with Crippen LogP contribution in [0.2, 0.25) is 0 Å². The molecule has 3 aromatic rings. The first-order valence-corrected chi connectivity index (χ1v) is 9.99. The lowest BCUT2D eigenvalue weighted by atomic mass is 9.71. The Kier molecular flexibility index (Phi) is 4.45. The molecule has 162 valence electrons. The van der Waals surface area contributed by atoms with Crippen LogP contribution in [0.15, 0.2) is 65.3 Å². The molecule has 2 aliphatic heterocycles. The molecule has 8 nitrogen and oxygen atoms in total. The standard InChI is InChI=1S/C23H18FN3O5/c1-26-12-16(13-4-2-5-15(10-13)27(30)31)20(21(28)19-6-3-9-32-19)23(26)17-11-14(24)7-8-18(17)25-22(23)29/h2-11,16,20H,12H2,1H3,(H,25,29)/t16-,20+,23+/m1/s1. The van der Waals surface area contributed by atoms with Crippen LogP contribution in [0.25, 0.3) is 0 Å². The number of nitro groups is 1. The van der Waals surface area contributed by atoms with Gasteiger partial charge in [-0.3, -0.25) is 24.6 Å². The Morgan fingerprint density at radius 2 is 2.06 bits per heavy atom. The fourth-order valence-electron chi connectivity index (χ4n) is 5.15. The zero-order valence-electron chi connectivity index (χ0n) is 16.9. The number of carbonyl (C=O) groups is 2. The maximum atomic E-state index is 14.3. The van der Waals surface area contributed by atoms with E-state index in [0.717, 1.165) is 0 Å². The van der Waals surface area contributed by atoms with Gasteiger partial charge in [0.2, 0.25) is 11.7 Å². The van der Waals surface area contributed by atoms with E-state index in [1.165, 1.54) is 42.7 Å². The SMILES string of the molecule is CN1C[C@H](c2cccc([N+](=O)[O-])c2)[C@@H](C(=O)c2ccco2)[C@@]12C(=O)Nc1ccc(F)cc12. The van der Waals surface area contributed by atoms with E-state index in [0.29, 0.717) is 16.8 Å². The second-order valence-corrected chi connectivity index (χ2v) is 8.07. The second-order valence-electron chi connectivity index (χ2n) is 8.07. The summed E-state index contributed by atoms with van der Waals surface area (Å²) in [5, 5.41) is 14.1. The highest BCUT2D eigenvalue weighted by atomic mass is 19.1. The number of non-ortho nitro benzene ring substituents is 1. The molecule has 0 bridgehead atoms. The van der Waals surface area contributed by atoms with Crippen LogP contribution in [0.4, 0.5) is 15.8 Å². The zero-order valence-corrected chi connectivity index (χ0v) is 16.9. The van der Waals surface area contributed by atoms with Gasteiger partial charge in [0.15, 0.2) is 5.76 Å². The number of nitro benzene ring substituents is 1. The number of nitrogens with one attached hydrogen (secondary N) is 1. The van der Waals surface area contributed by atoms with E-state index in [9.17, 15) is 24.1 Å². The van der Waals surface area contributed by atoms with Crippen molar-refractivity contribution >= 4 is 23.1 Å². The van der Waals surface area contributed by atoms with Crippen molar-refractivity contribution in [2.45, 2.75) is 11.5 Å². The molecule has 0 radical (unpaired) electrons. The summed E-state index contributed by atoms with van der Waals surface area (Å²) in [6.07, 6.45) is 1.36. The number of fused-ring (bicyclic) bond motifs is 2. The van der Waals surface area contributed by atoms with Gasteiger partial charge in [-0.05, 0) is 42.9 Å². The zero-order chi connectivity index (χ0) is 22.6. The highest BCUT2D eigenvalue weighted by Crippen LogP contribution is 2.55. The van der Waals surface area contributed by atoms with Gasteiger partial charge in [-0.15, -0.1) is 0 Å². The molecule has 1 fully saturated rings. The van der Waals surface area contributed by atoms with Gasteiger partial charge in [0.05, 0.1) is 17.1 Å². The van der Waals surface area contributed by atoms with E-state index in [-0.39, 0.29) is 18.0 Å². The van der Waals surface area contributed by atoms with E-state index < -0.39 is 39.8 Å². The van der Waals surface area contributed by atoms with Crippen LogP contribution in [0, 0.1) is 21.8 Å². The van der Waals surface area contributed by atoms with Crippen LogP contribution in [-0.2, 0) is 10.3 Å². The molecular formula is C23H18FN3O5. The molecule has 1 spiro atoms. The molecule has 3 heterocycles. The van der Waals surface area contributed by atoms with Gasteiger partial charge in [0.25, 0.3) is 5.69 Å². The molecule has 9 heteroatoms. The summed E-state index contributed by atoms with van der Waals surface area (Å²) in [4.78, 5) is 39.7. The number of carbonyl (C=O) groups excluding carboxylic acids is 2. The Morgan fingerprint density at radius 3 is 2.78 bits per heavy atom. The molecule has 1 aromatic heterocycles. The number of rotatable bonds is 4. The number of likely N-dealkylation sites (tertiary alicyclic amines) is 1. The number of furan rings is 1. The summed E-state index contributed by atoms with van der Waals surface area (Å²) in [5.41, 5.74) is -0.262.